The lowest BCUT2D eigenvalue weighted by molar-refractivity contribution is 0.0944. The van der Waals surface area contributed by atoms with Gasteiger partial charge in [-0.25, -0.2) is 9.97 Å². The Morgan fingerprint density at radius 3 is 2.68 bits per heavy atom. The lowest BCUT2D eigenvalue weighted by atomic mass is 10.1. The maximum Gasteiger partial charge on any atom is 0.252 e. The van der Waals surface area contributed by atoms with E-state index in [1.54, 1.807) is 36.7 Å². The molecular formula is C24H27ClN8O. The zero-order valence-corrected chi connectivity index (χ0v) is 20.0. The fourth-order valence-corrected chi connectivity index (χ4v) is 4.07. The molecule has 1 fully saturated rings. The molecule has 1 atom stereocenters. The fourth-order valence-electron chi connectivity index (χ4n) is 3.87. The van der Waals surface area contributed by atoms with E-state index in [1.165, 1.54) is 0 Å². The SMILES string of the molecule is CCC(C#N)NC(=O)c1ccc(-c2nc(Nc3cnn(C4CCN(C)CC4)c3)ncc2Cl)cc1. The molecular weight excluding hydrogens is 452 g/mol. The number of halogens is 1. The average molecular weight is 479 g/mol. The van der Waals surface area contributed by atoms with Crippen LogP contribution in [0.1, 0.15) is 42.6 Å². The van der Waals surface area contributed by atoms with Gasteiger partial charge in [-0.05, 0) is 51.5 Å². The zero-order chi connectivity index (χ0) is 24.1. The Kier molecular flexibility index (Phi) is 7.40. The molecule has 0 radical (unpaired) electrons. The van der Waals surface area contributed by atoms with Crippen molar-refractivity contribution >= 4 is 29.1 Å². The third kappa shape index (κ3) is 5.53. The van der Waals surface area contributed by atoms with E-state index >= 15 is 0 Å². The Morgan fingerprint density at radius 1 is 1.26 bits per heavy atom. The van der Waals surface area contributed by atoms with Crippen molar-refractivity contribution in [2.45, 2.75) is 38.3 Å². The van der Waals surface area contributed by atoms with Crippen LogP contribution in [0.15, 0.2) is 42.9 Å². The Balaban J connectivity index is 1.46. The summed E-state index contributed by atoms with van der Waals surface area (Å²) in [4.78, 5) is 23.5. The van der Waals surface area contributed by atoms with Crippen LogP contribution >= 0.6 is 11.6 Å². The number of anilines is 2. The van der Waals surface area contributed by atoms with Crippen molar-refractivity contribution in [1.29, 1.82) is 5.26 Å². The van der Waals surface area contributed by atoms with Crippen molar-refractivity contribution < 1.29 is 4.79 Å². The first-order valence-electron chi connectivity index (χ1n) is 11.3. The second kappa shape index (κ2) is 10.6. The molecule has 10 heteroatoms. The number of nitrogens with one attached hydrogen (secondary N) is 2. The van der Waals surface area contributed by atoms with Gasteiger partial charge in [0.15, 0.2) is 0 Å². The number of amides is 1. The van der Waals surface area contributed by atoms with E-state index in [1.807, 2.05) is 17.8 Å². The smallest absolute Gasteiger partial charge is 0.252 e. The number of carbonyl (C=O) groups excluding carboxylic acids is 1. The molecule has 0 saturated carbocycles. The van der Waals surface area contributed by atoms with Gasteiger partial charge in [-0.3, -0.25) is 9.48 Å². The molecule has 0 bridgehead atoms. The molecule has 176 valence electrons. The number of nitrogens with zero attached hydrogens (tertiary/aromatic N) is 6. The van der Waals surface area contributed by atoms with Crippen molar-refractivity contribution in [3.05, 3.63) is 53.4 Å². The molecule has 1 unspecified atom stereocenters. The summed E-state index contributed by atoms with van der Waals surface area (Å²) < 4.78 is 2.01. The van der Waals surface area contributed by atoms with Gasteiger partial charge in [0.1, 0.15) is 6.04 Å². The van der Waals surface area contributed by atoms with E-state index in [0.29, 0.717) is 34.7 Å². The molecule has 3 aromatic rings. The summed E-state index contributed by atoms with van der Waals surface area (Å²) in [5.74, 6) is 0.113. The van der Waals surface area contributed by atoms with Gasteiger partial charge < -0.3 is 15.5 Å². The van der Waals surface area contributed by atoms with Crippen molar-refractivity contribution in [1.82, 2.24) is 30.0 Å². The van der Waals surface area contributed by atoms with Crippen molar-refractivity contribution in [3.8, 4) is 17.3 Å². The summed E-state index contributed by atoms with van der Waals surface area (Å²) in [7, 11) is 2.14. The minimum absolute atomic E-state index is 0.294. The standard InChI is InChI=1S/C24H27ClN8O/c1-3-18(12-26)29-23(34)17-6-4-16(5-7-17)22-21(25)14-27-24(31-22)30-19-13-28-33(15-19)20-8-10-32(2)11-9-20/h4-7,13-15,18,20H,3,8-11H2,1-2H3,(H,29,34)(H,27,30,31). The quantitative estimate of drug-likeness (QED) is 0.527. The first-order valence-corrected chi connectivity index (χ1v) is 11.7. The highest BCUT2D eigenvalue weighted by Crippen LogP contribution is 2.28. The second-order valence-corrected chi connectivity index (χ2v) is 8.81. The molecule has 1 saturated heterocycles. The fraction of sp³-hybridized carbons (Fsp3) is 0.375. The number of carbonyl (C=O) groups is 1. The zero-order valence-electron chi connectivity index (χ0n) is 19.2. The summed E-state index contributed by atoms with van der Waals surface area (Å²) in [6, 6.07) is 8.87. The molecule has 1 aromatic carbocycles. The number of piperidine rings is 1. The van der Waals surface area contributed by atoms with Crippen LogP contribution in [0.2, 0.25) is 5.02 Å². The molecule has 1 amide bonds. The van der Waals surface area contributed by atoms with Crippen LogP contribution in [0.25, 0.3) is 11.3 Å². The van der Waals surface area contributed by atoms with Gasteiger partial charge in [-0.15, -0.1) is 0 Å². The van der Waals surface area contributed by atoms with Gasteiger partial charge in [0, 0.05) is 17.3 Å². The molecule has 0 spiro atoms. The number of benzene rings is 1. The van der Waals surface area contributed by atoms with Crippen LogP contribution < -0.4 is 10.6 Å². The van der Waals surface area contributed by atoms with Crippen LogP contribution in [-0.4, -0.2) is 56.7 Å². The Hall–Kier alpha value is -3.48. The van der Waals surface area contributed by atoms with Crippen LogP contribution in [-0.2, 0) is 0 Å². The second-order valence-electron chi connectivity index (χ2n) is 8.40. The van der Waals surface area contributed by atoms with Crippen LogP contribution in [0.5, 0.6) is 0 Å². The van der Waals surface area contributed by atoms with Gasteiger partial charge >= 0.3 is 0 Å². The molecule has 1 aliphatic rings. The van der Waals surface area contributed by atoms with Gasteiger partial charge in [0.2, 0.25) is 5.95 Å². The van der Waals surface area contributed by atoms with Crippen molar-refractivity contribution in [2.75, 3.05) is 25.5 Å². The van der Waals surface area contributed by atoms with Crippen LogP contribution in [0.3, 0.4) is 0 Å². The van der Waals surface area contributed by atoms with Crippen LogP contribution in [0.4, 0.5) is 11.6 Å². The monoisotopic (exact) mass is 478 g/mol. The van der Waals surface area contributed by atoms with E-state index in [4.69, 9.17) is 16.9 Å². The predicted molar refractivity (Wildman–Crippen MR) is 131 cm³/mol. The Labute approximate surface area is 203 Å². The summed E-state index contributed by atoms with van der Waals surface area (Å²) in [6.07, 6.45) is 7.99. The molecule has 34 heavy (non-hydrogen) atoms. The minimum atomic E-state index is -0.513. The van der Waals surface area contributed by atoms with Crippen LogP contribution in [0, 0.1) is 11.3 Å². The summed E-state index contributed by atoms with van der Waals surface area (Å²) in [5, 5.41) is 19.9. The largest absolute Gasteiger partial charge is 0.336 e. The third-order valence-corrected chi connectivity index (χ3v) is 6.23. The summed E-state index contributed by atoms with van der Waals surface area (Å²) >= 11 is 6.37. The van der Waals surface area contributed by atoms with E-state index in [-0.39, 0.29) is 5.91 Å². The highest BCUT2D eigenvalue weighted by Gasteiger charge is 2.19. The van der Waals surface area contributed by atoms with Crippen molar-refractivity contribution in [3.63, 3.8) is 0 Å². The lowest BCUT2D eigenvalue weighted by Crippen LogP contribution is -2.33. The van der Waals surface area contributed by atoms with E-state index in [0.717, 1.165) is 37.2 Å². The molecule has 1 aliphatic heterocycles. The predicted octanol–water partition coefficient (Wildman–Crippen LogP) is 4.04. The Bertz CT molecular complexity index is 1180. The first-order chi connectivity index (χ1) is 16.5. The molecule has 2 aromatic heterocycles. The topological polar surface area (TPSA) is 112 Å². The third-order valence-electron chi connectivity index (χ3n) is 5.95. The minimum Gasteiger partial charge on any atom is -0.336 e. The molecule has 4 rings (SSSR count). The highest BCUT2D eigenvalue weighted by atomic mass is 35.5. The number of rotatable bonds is 7. The lowest BCUT2D eigenvalue weighted by Gasteiger charge is -2.28. The highest BCUT2D eigenvalue weighted by molar-refractivity contribution is 6.32. The maximum atomic E-state index is 12.3. The molecule has 9 nitrogen and oxygen atoms in total. The van der Waals surface area contributed by atoms with Gasteiger partial charge in [0.25, 0.3) is 5.91 Å². The van der Waals surface area contributed by atoms with Gasteiger partial charge in [-0.2, -0.15) is 10.4 Å². The van der Waals surface area contributed by atoms with Gasteiger partial charge in [-0.1, -0.05) is 30.7 Å². The number of aromatic nitrogens is 4. The molecule has 0 aliphatic carbocycles. The number of hydrogen-bond donors (Lipinski definition) is 2. The van der Waals surface area contributed by atoms with E-state index in [2.05, 4.69) is 43.7 Å². The number of hydrogen-bond acceptors (Lipinski definition) is 7. The molecule has 3 heterocycles. The maximum absolute atomic E-state index is 12.3. The number of likely N-dealkylation sites (tertiary alicyclic amines) is 1. The van der Waals surface area contributed by atoms with E-state index in [9.17, 15) is 4.79 Å². The van der Waals surface area contributed by atoms with Gasteiger partial charge in [0.05, 0.1) is 40.9 Å². The first kappa shape index (κ1) is 23.7. The van der Waals surface area contributed by atoms with E-state index < -0.39 is 6.04 Å². The molecule has 2 N–H and O–H groups in total. The summed E-state index contributed by atoms with van der Waals surface area (Å²) in [5.41, 5.74) is 2.57. The number of nitriles is 1. The Morgan fingerprint density at radius 2 is 2.00 bits per heavy atom. The normalized spacial score (nSPS) is 15.5. The van der Waals surface area contributed by atoms with Crippen molar-refractivity contribution in [2.24, 2.45) is 0 Å². The summed E-state index contributed by atoms with van der Waals surface area (Å²) in [6.45, 7) is 3.98. The average Bonchev–Trinajstić information content (AvgIpc) is 3.32.